The highest BCUT2D eigenvalue weighted by molar-refractivity contribution is 7.91. The zero-order valence-electron chi connectivity index (χ0n) is 12.4. The average Bonchev–Trinajstić information content (AvgIpc) is 2.88. The van der Waals surface area contributed by atoms with Crippen LogP contribution >= 0.6 is 11.3 Å². The Morgan fingerprint density at radius 1 is 1.19 bits per heavy atom. The number of carbonyl (C=O) groups is 1. The summed E-state index contributed by atoms with van der Waals surface area (Å²) in [5.74, 6) is -1.10. The molecule has 0 aromatic carbocycles. The van der Waals surface area contributed by atoms with Crippen LogP contribution in [-0.4, -0.2) is 60.4 Å². The van der Waals surface area contributed by atoms with E-state index in [0.29, 0.717) is 26.2 Å². The third-order valence-electron chi connectivity index (χ3n) is 3.57. The summed E-state index contributed by atoms with van der Waals surface area (Å²) < 4.78 is 26.5. The van der Waals surface area contributed by atoms with Gasteiger partial charge in [-0.1, -0.05) is 0 Å². The molecule has 1 aromatic rings. The molecule has 0 aliphatic carbocycles. The third kappa shape index (κ3) is 3.45. The Kier molecular flexibility index (Phi) is 4.44. The van der Waals surface area contributed by atoms with Crippen LogP contribution in [0.15, 0.2) is 16.3 Å². The molecule has 21 heavy (non-hydrogen) atoms. The van der Waals surface area contributed by atoms with Crippen LogP contribution in [-0.2, 0) is 10.0 Å². The fourth-order valence-corrected chi connectivity index (χ4v) is 5.02. The van der Waals surface area contributed by atoms with Crippen molar-refractivity contribution in [1.82, 2.24) is 9.21 Å². The molecule has 0 radical (unpaired) electrons. The van der Waals surface area contributed by atoms with E-state index in [-0.39, 0.29) is 14.6 Å². The highest BCUT2D eigenvalue weighted by atomic mass is 32.2. The Hall–Kier alpha value is -0.960. The lowest BCUT2D eigenvalue weighted by Gasteiger charge is -2.41. The summed E-state index contributed by atoms with van der Waals surface area (Å²) in [6, 6.07) is 2.71. The Morgan fingerprint density at radius 3 is 2.19 bits per heavy atom. The maximum Gasteiger partial charge on any atom is 0.345 e. The van der Waals surface area contributed by atoms with Gasteiger partial charge in [0.25, 0.3) is 10.0 Å². The van der Waals surface area contributed by atoms with Crippen LogP contribution in [0.3, 0.4) is 0 Å². The minimum Gasteiger partial charge on any atom is -0.477 e. The fraction of sp³-hybridized carbons (Fsp3) is 0.615. The smallest absolute Gasteiger partial charge is 0.345 e. The van der Waals surface area contributed by atoms with Crippen molar-refractivity contribution in [2.24, 2.45) is 0 Å². The van der Waals surface area contributed by atoms with Gasteiger partial charge in [-0.25, -0.2) is 13.2 Å². The van der Waals surface area contributed by atoms with Gasteiger partial charge >= 0.3 is 5.97 Å². The predicted molar refractivity (Wildman–Crippen MR) is 81.4 cm³/mol. The maximum atomic E-state index is 12.5. The first-order chi connectivity index (χ1) is 9.62. The molecule has 0 spiro atoms. The van der Waals surface area contributed by atoms with Gasteiger partial charge in [0.1, 0.15) is 9.09 Å². The van der Waals surface area contributed by atoms with E-state index in [0.717, 1.165) is 11.3 Å². The molecule has 6 nitrogen and oxygen atoms in total. The van der Waals surface area contributed by atoms with Gasteiger partial charge in [-0.15, -0.1) is 11.3 Å². The van der Waals surface area contributed by atoms with E-state index in [9.17, 15) is 13.2 Å². The Labute approximate surface area is 129 Å². The predicted octanol–water partition coefficient (Wildman–Crippen LogP) is 1.55. The maximum absolute atomic E-state index is 12.5. The molecule has 1 aliphatic rings. The van der Waals surface area contributed by atoms with Gasteiger partial charge in [0.05, 0.1) is 0 Å². The van der Waals surface area contributed by atoms with Crippen molar-refractivity contribution in [2.45, 2.75) is 30.5 Å². The molecule has 0 amide bonds. The van der Waals surface area contributed by atoms with Crippen molar-refractivity contribution in [3.05, 3.63) is 17.0 Å². The van der Waals surface area contributed by atoms with Gasteiger partial charge < -0.3 is 5.11 Å². The fourth-order valence-electron chi connectivity index (χ4n) is 2.30. The van der Waals surface area contributed by atoms with E-state index in [1.54, 1.807) is 0 Å². The zero-order valence-corrected chi connectivity index (χ0v) is 14.0. The van der Waals surface area contributed by atoms with Crippen molar-refractivity contribution in [3.8, 4) is 0 Å². The first-order valence-corrected chi connectivity index (χ1v) is 8.96. The van der Waals surface area contributed by atoms with E-state index in [4.69, 9.17) is 5.11 Å². The largest absolute Gasteiger partial charge is 0.477 e. The number of thiophene rings is 1. The molecule has 1 fully saturated rings. The molecule has 1 aliphatic heterocycles. The lowest BCUT2D eigenvalue weighted by atomic mass is 10.1. The highest BCUT2D eigenvalue weighted by Gasteiger charge is 2.33. The standard InChI is InChI=1S/C13H20N2O4S2/c1-13(2,3)14-6-8-15(9-7-14)21(18,19)11-5-4-10(20-11)12(16)17/h4-5H,6-9H2,1-3H3,(H,16,17). The third-order valence-corrected chi connectivity index (χ3v) is 7.01. The lowest BCUT2D eigenvalue weighted by molar-refractivity contribution is 0.0702. The molecular formula is C13H20N2O4S2. The van der Waals surface area contributed by atoms with Crippen molar-refractivity contribution >= 4 is 27.3 Å². The molecule has 1 aromatic heterocycles. The van der Waals surface area contributed by atoms with Gasteiger partial charge in [-0.3, -0.25) is 4.90 Å². The molecule has 0 unspecified atom stereocenters. The second-order valence-corrected chi connectivity index (χ2v) is 9.23. The van der Waals surface area contributed by atoms with Crippen LogP contribution in [0.25, 0.3) is 0 Å². The Bertz CT molecular complexity index is 623. The summed E-state index contributed by atoms with van der Waals surface area (Å²) in [5, 5.41) is 8.89. The molecular weight excluding hydrogens is 312 g/mol. The van der Waals surface area contributed by atoms with Crippen LogP contribution < -0.4 is 0 Å². The Morgan fingerprint density at radius 2 is 1.76 bits per heavy atom. The summed E-state index contributed by atoms with van der Waals surface area (Å²) in [7, 11) is -3.58. The van der Waals surface area contributed by atoms with E-state index < -0.39 is 16.0 Å². The first-order valence-electron chi connectivity index (χ1n) is 6.71. The monoisotopic (exact) mass is 332 g/mol. The van der Waals surface area contributed by atoms with Crippen LogP contribution in [0.1, 0.15) is 30.4 Å². The number of hydrogen-bond acceptors (Lipinski definition) is 5. The van der Waals surface area contributed by atoms with Gasteiger partial charge in [-0.2, -0.15) is 4.31 Å². The number of sulfonamides is 1. The second-order valence-electron chi connectivity index (χ2n) is 5.99. The SMILES string of the molecule is CC(C)(C)N1CCN(S(=O)(=O)c2ccc(C(=O)O)s2)CC1. The molecule has 0 saturated carbocycles. The van der Waals surface area contributed by atoms with E-state index in [1.165, 1.54) is 16.4 Å². The number of piperazine rings is 1. The van der Waals surface area contributed by atoms with Gasteiger partial charge in [-0.05, 0) is 32.9 Å². The zero-order chi connectivity index (χ0) is 15.8. The molecule has 8 heteroatoms. The number of carboxylic acid groups (broad SMARTS) is 1. The molecule has 1 N–H and O–H groups in total. The van der Waals surface area contributed by atoms with Crippen molar-refractivity contribution < 1.29 is 18.3 Å². The van der Waals surface area contributed by atoms with Gasteiger partial charge in [0.15, 0.2) is 0 Å². The van der Waals surface area contributed by atoms with Gasteiger partial charge in [0, 0.05) is 31.7 Å². The summed E-state index contributed by atoms with van der Waals surface area (Å²) >= 11 is 0.805. The molecule has 0 atom stereocenters. The summed E-state index contributed by atoms with van der Waals surface area (Å²) in [4.78, 5) is 13.2. The van der Waals surface area contributed by atoms with Crippen molar-refractivity contribution in [2.75, 3.05) is 26.2 Å². The summed E-state index contributed by atoms with van der Waals surface area (Å²) in [5.41, 5.74) is 0.0231. The first kappa shape index (κ1) is 16.4. The minimum absolute atomic E-state index is 0.0231. The molecule has 2 heterocycles. The highest BCUT2D eigenvalue weighted by Crippen LogP contribution is 2.26. The average molecular weight is 332 g/mol. The number of hydrogen-bond donors (Lipinski definition) is 1. The molecule has 2 rings (SSSR count). The van der Waals surface area contributed by atoms with Crippen LogP contribution in [0, 0.1) is 0 Å². The topological polar surface area (TPSA) is 77.9 Å². The molecule has 1 saturated heterocycles. The van der Waals surface area contributed by atoms with Gasteiger partial charge in [0.2, 0.25) is 0 Å². The minimum atomic E-state index is -3.58. The quantitative estimate of drug-likeness (QED) is 0.909. The number of aromatic carboxylic acids is 1. The van der Waals surface area contributed by atoms with Crippen LogP contribution in [0.2, 0.25) is 0 Å². The summed E-state index contributed by atoms with van der Waals surface area (Å²) in [6.45, 7) is 8.54. The normalized spacial score (nSPS) is 18.8. The molecule has 118 valence electrons. The number of nitrogens with zero attached hydrogens (tertiary/aromatic N) is 2. The number of rotatable bonds is 3. The Balaban J connectivity index is 2.13. The van der Waals surface area contributed by atoms with E-state index in [1.807, 2.05) is 0 Å². The van der Waals surface area contributed by atoms with Crippen LogP contribution in [0.4, 0.5) is 0 Å². The lowest BCUT2D eigenvalue weighted by Crippen LogP contribution is -2.54. The molecule has 0 bridgehead atoms. The van der Waals surface area contributed by atoms with Crippen molar-refractivity contribution in [3.63, 3.8) is 0 Å². The van der Waals surface area contributed by atoms with E-state index >= 15 is 0 Å². The summed E-state index contributed by atoms with van der Waals surface area (Å²) in [6.07, 6.45) is 0. The number of carboxylic acids is 1. The second kappa shape index (κ2) is 5.68. The van der Waals surface area contributed by atoms with Crippen molar-refractivity contribution in [1.29, 1.82) is 0 Å². The van der Waals surface area contributed by atoms with E-state index in [2.05, 4.69) is 25.7 Å². The van der Waals surface area contributed by atoms with Crippen LogP contribution in [0.5, 0.6) is 0 Å².